The van der Waals surface area contributed by atoms with E-state index in [2.05, 4.69) is 27.0 Å². The third kappa shape index (κ3) is 3.52. The second kappa shape index (κ2) is 8.39. The highest BCUT2D eigenvalue weighted by atomic mass is 79.9. The van der Waals surface area contributed by atoms with Gasteiger partial charge >= 0.3 is 6.09 Å². The Balaban J connectivity index is 1.53. The van der Waals surface area contributed by atoms with Crippen LogP contribution in [0.3, 0.4) is 0 Å². The number of aromatic amines is 1. The van der Waals surface area contributed by atoms with E-state index in [1.165, 1.54) is 0 Å². The molecule has 2 aliphatic heterocycles. The van der Waals surface area contributed by atoms with E-state index < -0.39 is 16.9 Å². The number of imidazole rings is 1. The molecule has 2 fully saturated rings. The molecule has 5 rings (SSSR count). The van der Waals surface area contributed by atoms with E-state index in [1.54, 1.807) is 11.9 Å². The Bertz CT molecular complexity index is 1160. The number of nitrogens with zero attached hydrogens (tertiary/aromatic N) is 3. The lowest BCUT2D eigenvalue weighted by molar-refractivity contribution is -0.956. The summed E-state index contributed by atoms with van der Waals surface area (Å²) in [7, 11) is 0. The van der Waals surface area contributed by atoms with Gasteiger partial charge in [-0.3, -0.25) is 0 Å². The molecule has 2 aromatic carbocycles. The molecule has 32 heavy (non-hydrogen) atoms. The van der Waals surface area contributed by atoms with Crippen molar-refractivity contribution < 1.29 is 19.4 Å². The number of aromatic nitrogens is 2. The highest BCUT2D eigenvalue weighted by Gasteiger charge is 2.50. The third-order valence-electron chi connectivity index (χ3n) is 7.15. The molecule has 8 nitrogen and oxygen atoms in total. The first kappa shape index (κ1) is 21.8. The van der Waals surface area contributed by atoms with E-state index in [1.807, 2.05) is 24.3 Å². The van der Waals surface area contributed by atoms with Crippen molar-refractivity contribution in [3.05, 3.63) is 45.8 Å². The molecule has 3 unspecified atom stereocenters. The molecule has 1 amide bonds. The molecule has 0 saturated carbocycles. The zero-order valence-electron chi connectivity index (χ0n) is 18.0. The predicted molar refractivity (Wildman–Crippen MR) is 125 cm³/mol. The molecule has 2 N–H and O–H groups in total. The molecule has 170 valence electrons. The van der Waals surface area contributed by atoms with Gasteiger partial charge in [0.15, 0.2) is 0 Å². The number of hydrogen-bond donors (Lipinski definition) is 2. The second-order valence-corrected chi connectivity index (χ2v) is 9.78. The van der Waals surface area contributed by atoms with Crippen LogP contribution in [0.1, 0.15) is 44.5 Å². The first-order chi connectivity index (χ1) is 15.4. The largest absolute Gasteiger partial charge is 0.601 e. The number of hydrogen-bond acceptors (Lipinski definition) is 5. The standard InChI is InChI=1S/C23H27BrN4O4/c1-14(15-8-11-32-12-9-15)28(31,23(29)30)27-10-2-3-20(27)22-25-19-7-4-16-13-17(24)5-6-18(16)21(19)26-22/h4-7,13-15,20H,2-3,8-12H2,1H3,(H,25,26)(H,29,30). The molecular formula is C23H27BrN4O4. The second-order valence-electron chi connectivity index (χ2n) is 8.86. The van der Waals surface area contributed by atoms with Crippen molar-refractivity contribution in [1.82, 2.24) is 15.0 Å². The number of nitrogens with one attached hydrogen (secondary N) is 1. The van der Waals surface area contributed by atoms with Gasteiger partial charge in [-0.05, 0) is 56.2 Å². The molecule has 0 bridgehead atoms. The number of quaternary nitrogens is 1. The van der Waals surface area contributed by atoms with Gasteiger partial charge < -0.3 is 20.0 Å². The quantitative estimate of drug-likeness (QED) is 0.368. The van der Waals surface area contributed by atoms with Gasteiger partial charge in [-0.2, -0.15) is 9.55 Å². The summed E-state index contributed by atoms with van der Waals surface area (Å²) in [5, 5.41) is 27.9. The van der Waals surface area contributed by atoms with Crippen LogP contribution in [0.2, 0.25) is 0 Å². The van der Waals surface area contributed by atoms with Crippen molar-refractivity contribution in [3.8, 4) is 0 Å². The zero-order chi connectivity index (χ0) is 22.5. The van der Waals surface area contributed by atoms with E-state index in [0.717, 1.165) is 32.7 Å². The minimum absolute atomic E-state index is 0.0108. The molecule has 0 spiro atoms. The SMILES string of the molecule is CC(C1CCOCC1)[N+]([O-])(C(=O)O)N1CCCC1c1nc2ccc3cc(Br)ccc3c2[nH]1. The van der Waals surface area contributed by atoms with Crippen molar-refractivity contribution in [3.63, 3.8) is 0 Å². The number of carbonyl (C=O) groups is 1. The minimum Gasteiger partial charge on any atom is -0.601 e. The van der Waals surface area contributed by atoms with Crippen molar-refractivity contribution in [2.45, 2.75) is 44.7 Å². The minimum atomic E-state index is -1.36. The molecule has 3 aromatic rings. The van der Waals surface area contributed by atoms with Crippen LogP contribution in [-0.2, 0) is 4.74 Å². The van der Waals surface area contributed by atoms with E-state index in [0.29, 0.717) is 44.8 Å². The Hall–Kier alpha value is -2.04. The Morgan fingerprint density at radius 3 is 2.84 bits per heavy atom. The van der Waals surface area contributed by atoms with Crippen molar-refractivity contribution in [2.75, 3.05) is 19.8 Å². The number of H-pyrrole nitrogens is 1. The number of fused-ring (bicyclic) bond motifs is 3. The summed E-state index contributed by atoms with van der Waals surface area (Å²) in [6, 6.07) is 9.10. The fourth-order valence-corrected chi connectivity index (χ4v) is 5.72. The first-order valence-electron chi connectivity index (χ1n) is 11.2. The summed E-state index contributed by atoms with van der Waals surface area (Å²) in [5.74, 6) is 0.670. The predicted octanol–water partition coefficient (Wildman–Crippen LogP) is 5.34. The molecule has 3 atom stereocenters. The van der Waals surface area contributed by atoms with Crippen LogP contribution in [0.4, 0.5) is 4.79 Å². The number of ether oxygens (including phenoxy) is 1. The van der Waals surface area contributed by atoms with Crippen molar-refractivity contribution in [1.29, 1.82) is 0 Å². The fourth-order valence-electron chi connectivity index (χ4n) is 5.34. The number of amides is 1. The number of benzene rings is 2. The summed E-state index contributed by atoms with van der Waals surface area (Å²) in [6.45, 7) is 3.35. The van der Waals surface area contributed by atoms with Crippen LogP contribution in [0, 0.1) is 11.1 Å². The van der Waals surface area contributed by atoms with Crippen LogP contribution in [0.5, 0.6) is 0 Å². The monoisotopic (exact) mass is 502 g/mol. The molecule has 0 radical (unpaired) electrons. The topological polar surface area (TPSA) is 102 Å². The van der Waals surface area contributed by atoms with Gasteiger partial charge in [-0.25, -0.2) is 4.98 Å². The van der Waals surface area contributed by atoms with Gasteiger partial charge in [-0.15, -0.1) is 5.01 Å². The molecule has 2 aliphatic rings. The van der Waals surface area contributed by atoms with Crippen LogP contribution >= 0.6 is 15.9 Å². The lowest BCUT2D eigenvalue weighted by Gasteiger charge is -2.50. The smallest absolute Gasteiger partial charge is 0.534 e. The lowest BCUT2D eigenvalue weighted by atomic mass is 9.92. The van der Waals surface area contributed by atoms with Crippen LogP contribution in [0.15, 0.2) is 34.8 Å². The summed E-state index contributed by atoms with van der Waals surface area (Å²) >= 11 is 3.51. The number of halogens is 1. The maximum absolute atomic E-state index is 14.0. The number of rotatable bonds is 4. The Morgan fingerprint density at radius 2 is 2.09 bits per heavy atom. The summed E-state index contributed by atoms with van der Waals surface area (Å²) in [6.07, 6.45) is 1.51. The van der Waals surface area contributed by atoms with E-state index >= 15 is 0 Å². The average molecular weight is 503 g/mol. The molecule has 1 aromatic heterocycles. The van der Waals surface area contributed by atoms with Gasteiger partial charge in [0.25, 0.3) is 0 Å². The van der Waals surface area contributed by atoms with E-state index in [9.17, 15) is 15.1 Å². The van der Waals surface area contributed by atoms with Gasteiger partial charge in [0.05, 0.1) is 11.0 Å². The first-order valence-corrected chi connectivity index (χ1v) is 11.9. The lowest BCUT2D eigenvalue weighted by Crippen LogP contribution is -2.65. The molecule has 2 saturated heterocycles. The van der Waals surface area contributed by atoms with Crippen LogP contribution in [-0.4, -0.2) is 56.7 Å². The number of hydroxylamine groups is 2. The van der Waals surface area contributed by atoms with Gasteiger partial charge in [-0.1, -0.05) is 28.1 Å². The average Bonchev–Trinajstić information content (AvgIpc) is 3.45. The highest BCUT2D eigenvalue weighted by Crippen LogP contribution is 2.40. The van der Waals surface area contributed by atoms with E-state index in [-0.39, 0.29) is 12.0 Å². The van der Waals surface area contributed by atoms with Crippen LogP contribution < -0.4 is 0 Å². The summed E-state index contributed by atoms with van der Waals surface area (Å²) < 4.78 is 5.07. The fraction of sp³-hybridized carbons (Fsp3) is 0.478. The van der Waals surface area contributed by atoms with Gasteiger partial charge in [0.2, 0.25) is 0 Å². The summed E-state index contributed by atoms with van der Waals surface area (Å²) in [5.41, 5.74) is 1.73. The Morgan fingerprint density at radius 1 is 1.31 bits per heavy atom. The maximum atomic E-state index is 14.0. The zero-order valence-corrected chi connectivity index (χ0v) is 19.5. The molecular weight excluding hydrogens is 476 g/mol. The maximum Gasteiger partial charge on any atom is 0.534 e. The van der Waals surface area contributed by atoms with Gasteiger partial charge in [0.1, 0.15) is 17.9 Å². The normalized spacial score (nSPS) is 23.5. The highest BCUT2D eigenvalue weighted by molar-refractivity contribution is 9.10. The van der Waals surface area contributed by atoms with Crippen molar-refractivity contribution in [2.24, 2.45) is 5.92 Å². The summed E-state index contributed by atoms with van der Waals surface area (Å²) in [4.78, 5) is 20.6. The molecule has 0 aliphatic carbocycles. The van der Waals surface area contributed by atoms with E-state index in [4.69, 9.17) is 9.72 Å². The third-order valence-corrected chi connectivity index (χ3v) is 7.64. The molecule has 9 heteroatoms. The van der Waals surface area contributed by atoms with Crippen molar-refractivity contribution >= 4 is 43.8 Å². The van der Waals surface area contributed by atoms with Gasteiger partial charge in [0, 0.05) is 35.5 Å². The Labute approximate surface area is 194 Å². The molecule has 3 heterocycles. The van der Waals surface area contributed by atoms with Crippen LogP contribution in [0.25, 0.3) is 21.8 Å². The number of carboxylic acid groups (broad SMARTS) is 1. The Kier molecular flexibility index (Phi) is 5.71.